The lowest BCUT2D eigenvalue weighted by Crippen LogP contribution is -2.37. The van der Waals surface area contributed by atoms with Gasteiger partial charge in [0.25, 0.3) is 5.56 Å². The lowest BCUT2D eigenvalue weighted by atomic mass is 10.0. The second kappa shape index (κ2) is 11.4. The number of hydrogen-bond acceptors (Lipinski definition) is 8. The first kappa shape index (κ1) is 27.1. The van der Waals surface area contributed by atoms with Gasteiger partial charge in [-0.25, -0.2) is 9.97 Å². The normalized spacial score (nSPS) is 16.1. The number of pyridine rings is 1. The van der Waals surface area contributed by atoms with Gasteiger partial charge in [0.15, 0.2) is 11.0 Å². The summed E-state index contributed by atoms with van der Waals surface area (Å²) in [6, 6.07) is 8.62. The summed E-state index contributed by atoms with van der Waals surface area (Å²) in [5.74, 6) is 0.0548. The first-order chi connectivity index (χ1) is 19.9. The maximum atomic E-state index is 13.6. The van der Waals surface area contributed by atoms with E-state index in [4.69, 9.17) is 16.3 Å². The number of rotatable bonds is 10. The number of aromatic nitrogens is 3. The minimum atomic E-state index is -1.06. The van der Waals surface area contributed by atoms with E-state index in [1.54, 1.807) is 12.1 Å². The first-order valence-electron chi connectivity index (χ1n) is 13.9. The highest BCUT2D eigenvalue weighted by Gasteiger charge is 2.32. The van der Waals surface area contributed by atoms with Crippen molar-refractivity contribution in [3.63, 3.8) is 0 Å². The number of hydrogen-bond donors (Lipinski definition) is 4. The molecule has 2 aliphatic heterocycles. The number of aryl methyl sites for hydroxylation is 1. The van der Waals surface area contributed by atoms with Crippen LogP contribution in [-0.2, 0) is 35.5 Å². The summed E-state index contributed by atoms with van der Waals surface area (Å²) in [5, 5.41) is 18.8. The zero-order valence-electron chi connectivity index (χ0n) is 22.4. The number of carbonyl (C=O) groups excluding carboxylic acids is 1. The van der Waals surface area contributed by atoms with Gasteiger partial charge in [0, 0.05) is 18.9 Å². The SMILES string of the molecule is O=C(O)C[C@H](NC(=O)Cn1c(C2CC2)c(Cl)nc(NCc2ccc3c(n2)NCCC3)c1=O)c1ccc2c(c1)OCC2. The number of halogens is 1. The van der Waals surface area contributed by atoms with Gasteiger partial charge in [-0.3, -0.25) is 19.0 Å². The van der Waals surface area contributed by atoms with Crippen molar-refractivity contribution in [2.75, 3.05) is 23.8 Å². The van der Waals surface area contributed by atoms with Crippen LogP contribution in [0.1, 0.15) is 65.7 Å². The van der Waals surface area contributed by atoms with Gasteiger partial charge in [-0.05, 0) is 54.5 Å². The molecule has 1 aliphatic carbocycles. The topological polar surface area (TPSA) is 147 Å². The number of fused-ring (bicyclic) bond motifs is 2. The Morgan fingerprint density at radius 2 is 2.00 bits per heavy atom. The Morgan fingerprint density at radius 3 is 2.80 bits per heavy atom. The quantitative estimate of drug-likeness (QED) is 0.284. The fourth-order valence-corrected chi connectivity index (χ4v) is 5.76. The van der Waals surface area contributed by atoms with Gasteiger partial charge in [0.2, 0.25) is 5.91 Å². The number of aliphatic carboxylic acids is 1. The molecule has 41 heavy (non-hydrogen) atoms. The third-order valence-corrected chi connectivity index (χ3v) is 7.93. The molecule has 12 heteroatoms. The van der Waals surface area contributed by atoms with Crippen molar-refractivity contribution in [1.82, 2.24) is 19.9 Å². The van der Waals surface area contributed by atoms with E-state index in [-0.39, 0.29) is 36.4 Å². The van der Waals surface area contributed by atoms with Crippen LogP contribution in [0.15, 0.2) is 35.1 Å². The maximum absolute atomic E-state index is 13.6. The number of anilines is 2. The third-order valence-electron chi connectivity index (χ3n) is 7.65. The molecule has 1 fully saturated rings. The third kappa shape index (κ3) is 6.00. The van der Waals surface area contributed by atoms with Crippen molar-refractivity contribution in [2.24, 2.45) is 0 Å². The van der Waals surface area contributed by atoms with E-state index < -0.39 is 23.5 Å². The number of amides is 1. The van der Waals surface area contributed by atoms with Crippen molar-refractivity contribution in [3.05, 3.63) is 73.9 Å². The van der Waals surface area contributed by atoms with Crippen LogP contribution in [0.4, 0.5) is 11.6 Å². The van der Waals surface area contributed by atoms with Crippen molar-refractivity contribution >= 4 is 35.1 Å². The van der Waals surface area contributed by atoms with E-state index in [1.807, 2.05) is 18.2 Å². The minimum Gasteiger partial charge on any atom is -0.493 e. The number of carboxylic acid groups (broad SMARTS) is 1. The summed E-state index contributed by atoms with van der Waals surface area (Å²) in [6.45, 7) is 1.38. The molecule has 4 N–H and O–H groups in total. The standard InChI is InChI=1S/C29H31ClN6O5/c30-26-25(17-4-5-17)36(29(40)28(35-26)32-14-20-8-7-18-2-1-10-31-27(18)33-20)15-23(37)34-21(13-24(38)39)19-6-3-16-9-11-41-22(16)12-19/h3,6-8,12,17,21H,1-2,4-5,9-11,13-15H2,(H,31,33)(H,32,35)(H,34,37)(H,38,39)/t21-/m0/s1. The van der Waals surface area contributed by atoms with Crippen LogP contribution < -0.4 is 26.2 Å². The van der Waals surface area contributed by atoms with E-state index >= 15 is 0 Å². The van der Waals surface area contributed by atoms with Crippen molar-refractivity contribution in [2.45, 2.75) is 63.6 Å². The van der Waals surface area contributed by atoms with Gasteiger partial charge in [0.1, 0.15) is 18.1 Å². The highest BCUT2D eigenvalue weighted by Crippen LogP contribution is 2.42. The molecule has 0 radical (unpaired) electrons. The minimum absolute atomic E-state index is 0.0255. The summed E-state index contributed by atoms with van der Waals surface area (Å²) in [4.78, 5) is 47.5. The molecular weight excluding hydrogens is 548 g/mol. The smallest absolute Gasteiger partial charge is 0.305 e. The van der Waals surface area contributed by atoms with Crippen LogP contribution >= 0.6 is 11.6 Å². The molecule has 214 valence electrons. The van der Waals surface area contributed by atoms with E-state index in [1.165, 1.54) is 4.57 Å². The zero-order chi connectivity index (χ0) is 28.5. The van der Waals surface area contributed by atoms with Crippen molar-refractivity contribution in [1.29, 1.82) is 0 Å². The number of benzene rings is 1. The van der Waals surface area contributed by atoms with Crippen LogP contribution in [0.25, 0.3) is 0 Å². The van der Waals surface area contributed by atoms with Gasteiger partial charge < -0.3 is 25.8 Å². The number of nitrogens with one attached hydrogen (secondary N) is 3. The summed E-state index contributed by atoms with van der Waals surface area (Å²) in [7, 11) is 0. The Hall–Kier alpha value is -4.12. The predicted molar refractivity (Wildman–Crippen MR) is 153 cm³/mol. The number of carboxylic acids is 1. The molecule has 0 bridgehead atoms. The summed E-state index contributed by atoms with van der Waals surface area (Å²) < 4.78 is 6.98. The Balaban J connectivity index is 1.22. The van der Waals surface area contributed by atoms with Crippen molar-refractivity contribution in [3.8, 4) is 5.75 Å². The van der Waals surface area contributed by atoms with Gasteiger partial charge in [-0.15, -0.1) is 0 Å². The van der Waals surface area contributed by atoms with E-state index in [9.17, 15) is 19.5 Å². The van der Waals surface area contributed by atoms with Gasteiger partial charge >= 0.3 is 5.97 Å². The molecule has 1 amide bonds. The Morgan fingerprint density at radius 1 is 1.17 bits per heavy atom. The van der Waals surface area contributed by atoms with Crippen LogP contribution in [0.5, 0.6) is 5.75 Å². The monoisotopic (exact) mass is 578 g/mol. The number of carbonyl (C=O) groups is 2. The lowest BCUT2D eigenvalue weighted by molar-refractivity contribution is -0.137. The molecule has 3 aliphatic rings. The summed E-state index contributed by atoms with van der Waals surface area (Å²) in [6.07, 6.45) is 4.20. The molecular formula is C29H31ClN6O5. The fourth-order valence-electron chi connectivity index (χ4n) is 5.42. The van der Waals surface area contributed by atoms with Crippen LogP contribution in [0, 0.1) is 0 Å². The Bertz CT molecular complexity index is 1570. The molecule has 11 nitrogen and oxygen atoms in total. The molecule has 0 saturated heterocycles. The van der Waals surface area contributed by atoms with Crippen LogP contribution in [0.3, 0.4) is 0 Å². The number of nitrogens with zero attached hydrogens (tertiary/aromatic N) is 3. The van der Waals surface area contributed by atoms with E-state index in [0.717, 1.165) is 61.3 Å². The molecule has 1 atom stereocenters. The largest absolute Gasteiger partial charge is 0.493 e. The van der Waals surface area contributed by atoms with E-state index in [2.05, 4.69) is 25.9 Å². The molecule has 4 heterocycles. The summed E-state index contributed by atoms with van der Waals surface area (Å²) >= 11 is 6.57. The molecule has 1 saturated carbocycles. The Kier molecular flexibility index (Phi) is 7.53. The van der Waals surface area contributed by atoms with Crippen LogP contribution in [0.2, 0.25) is 5.15 Å². The van der Waals surface area contributed by atoms with Gasteiger partial charge in [0.05, 0.1) is 37.0 Å². The average molecular weight is 579 g/mol. The molecule has 2 aromatic heterocycles. The lowest BCUT2D eigenvalue weighted by Gasteiger charge is -2.20. The molecule has 3 aromatic rings. The first-order valence-corrected chi connectivity index (χ1v) is 14.3. The Labute approximate surface area is 241 Å². The van der Waals surface area contributed by atoms with Crippen LogP contribution in [-0.4, -0.2) is 44.7 Å². The zero-order valence-corrected chi connectivity index (χ0v) is 23.2. The number of ether oxygens (including phenoxy) is 1. The summed E-state index contributed by atoms with van der Waals surface area (Å²) in [5.41, 5.74) is 3.62. The maximum Gasteiger partial charge on any atom is 0.305 e. The highest BCUT2D eigenvalue weighted by atomic mass is 35.5. The van der Waals surface area contributed by atoms with E-state index in [0.29, 0.717) is 23.6 Å². The highest BCUT2D eigenvalue weighted by molar-refractivity contribution is 6.30. The molecule has 1 aromatic carbocycles. The second-order valence-electron chi connectivity index (χ2n) is 10.7. The molecule has 0 unspecified atom stereocenters. The second-order valence-corrected chi connectivity index (χ2v) is 11.0. The fraction of sp³-hybridized carbons (Fsp3) is 0.414. The molecule has 6 rings (SSSR count). The van der Waals surface area contributed by atoms with Gasteiger partial charge in [-0.1, -0.05) is 29.8 Å². The molecule has 0 spiro atoms. The predicted octanol–water partition coefficient (Wildman–Crippen LogP) is 3.41. The van der Waals surface area contributed by atoms with Crippen molar-refractivity contribution < 1.29 is 19.4 Å². The average Bonchev–Trinajstić information content (AvgIpc) is 3.68. The van der Waals surface area contributed by atoms with Gasteiger partial charge in [-0.2, -0.15) is 0 Å².